The number of carbonyl (C=O) groups excluding carboxylic acids is 1. The minimum Gasteiger partial charge on any atom is -0.368 e. The Bertz CT molecular complexity index is 941. The number of piperazine rings is 1. The van der Waals surface area contributed by atoms with E-state index in [-0.39, 0.29) is 12.0 Å². The first-order valence-corrected chi connectivity index (χ1v) is 11.6. The van der Waals surface area contributed by atoms with Crippen LogP contribution in [0.3, 0.4) is 0 Å². The van der Waals surface area contributed by atoms with Crippen LogP contribution in [0.15, 0.2) is 35.3 Å². The average molecular weight is 439 g/mol. The molecule has 1 N–H and O–H groups in total. The van der Waals surface area contributed by atoms with Crippen LogP contribution in [-0.4, -0.2) is 76.9 Å². The summed E-state index contributed by atoms with van der Waals surface area (Å²) in [6, 6.07) is 10.2. The predicted octanol–water partition coefficient (Wildman–Crippen LogP) is 2.28. The Hall–Kier alpha value is -2.87. The minimum atomic E-state index is -0.240. The van der Waals surface area contributed by atoms with Crippen molar-refractivity contribution in [3.8, 4) is 5.69 Å². The number of nitrogens with zero attached hydrogens (tertiary/aromatic N) is 5. The Morgan fingerprint density at radius 1 is 1.16 bits per heavy atom. The maximum atomic E-state index is 12.6. The smallest absolute Gasteiger partial charge is 0.251 e. The molecular formula is C24H34N6O2. The summed E-state index contributed by atoms with van der Waals surface area (Å²) in [7, 11) is 0. The van der Waals surface area contributed by atoms with Crippen LogP contribution in [0.5, 0.6) is 0 Å². The summed E-state index contributed by atoms with van der Waals surface area (Å²) in [6.45, 7) is 11.2. The van der Waals surface area contributed by atoms with E-state index in [1.54, 1.807) is 0 Å². The lowest BCUT2D eigenvalue weighted by atomic mass is 10.2. The number of aryl methyl sites for hydroxylation is 1. The summed E-state index contributed by atoms with van der Waals surface area (Å²) >= 11 is 0. The molecule has 0 aliphatic carbocycles. The third kappa shape index (κ3) is 4.80. The van der Waals surface area contributed by atoms with E-state index < -0.39 is 0 Å². The highest BCUT2D eigenvalue weighted by atomic mass is 16.5. The summed E-state index contributed by atoms with van der Waals surface area (Å²) in [6.07, 6.45) is 1.58. The first kappa shape index (κ1) is 22.3. The van der Waals surface area contributed by atoms with Crippen molar-refractivity contribution in [1.82, 2.24) is 24.9 Å². The first-order valence-electron chi connectivity index (χ1n) is 11.6. The van der Waals surface area contributed by atoms with Crippen LogP contribution in [0, 0.1) is 13.8 Å². The van der Waals surface area contributed by atoms with E-state index in [1.165, 1.54) is 0 Å². The van der Waals surface area contributed by atoms with Gasteiger partial charge < -0.3 is 19.9 Å². The largest absolute Gasteiger partial charge is 0.368 e. The number of aliphatic imine (C=N–C) groups is 1. The van der Waals surface area contributed by atoms with E-state index in [2.05, 4.69) is 36.2 Å². The normalized spacial score (nSPS) is 19.5. The van der Waals surface area contributed by atoms with Crippen LogP contribution in [0.4, 0.5) is 0 Å². The van der Waals surface area contributed by atoms with Gasteiger partial charge in [0.05, 0.1) is 17.9 Å². The van der Waals surface area contributed by atoms with Crippen molar-refractivity contribution in [3.05, 3.63) is 47.3 Å². The van der Waals surface area contributed by atoms with E-state index in [0.29, 0.717) is 26.2 Å². The molecule has 2 fully saturated rings. The van der Waals surface area contributed by atoms with Gasteiger partial charge in [-0.05, 0) is 45.7 Å². The fourth-order valence-electron chi connectivity index (χ4n) is 4.42. The van der Waals surface area contributed by atoms with Gasteiger partial charge in [-0.3, -0.25) is 4.79 Å². The van der Waals surface area contributed by atoms with Gasteiger partial charge in [0, 0.05) is 50.6 Å². The Morgan fingerprint density at radius 3 is 2.53 bits per heavy atom. The number of nitrogens with one attached hydrogen (secondary N) is 1. The van der Waals surface area contributed by atoms with Gasteiger partial charge in [0.15, 0.2) is 5.96 Å². The molecule has 1 unspecified atom stereocenters. The van der Waals surface area contributed by atoms with E-state index in [1.807, 2.05) is 34.7 Å². The van der Waals surface area contributed by atoms with E-state index in [9.17, 15) is 4.79 Å². The molecule has 32 heavy (non-hydrogen) atoms. The molecule has 2 aliphatic rings. The summed E-state index contributed by atoms with van der Waals surface area (Å²) < 4.78 is 7.56. The van der Waals surface area contributed by atoms with Gasteiger partial charge in [0.1, 0.15) is 6.10 Å². The molecule has 0 radical (unpaired) electrons. The van der Waals surface area contributed by atoms with Crippen molar-refractivity contribution in [3.63, 3.8) is 0 Å². The number of aromatic nitrogens is 2. The lowest BCUT2D eigenvalue weighted by Crippen LogP contribution is -2.55. The van der Waals surface area contributed by atoms with Gasteiger partial charge in [-0.2, -0.15) is 5.10 Å². The van der Waals surface area contributed by atoms with E-state index in [0.717, 1.165) is 61.1 Å². The monoisotopic (exact) mass is 438 g/mol. The maximum absolute atomic E-state index is 12.6. The van der Waals surface area contributed by atoms with Crippen LogP contribution in [0.1, 0.15) is 36.7 Å². The summed E-state index contributed by atoms with van der Waals surface area (Å²) in [5, 5.41) is 8.16. The quantitative estimate of drug-likeness (QED) is 0.573. The van der Waals surface area contributed by atoms with Crippen LogP contribution in [0.25, 0.3) is 5.69 Å². The second-order valence-corrected chi connectivity index (χ2v) is 8.38. The first-order chi connectivity index (χ1) is 15.6. The van der Waals surface area contributed by atoms with Crippen molar-refractivity contribution in [2.24, 2.45) is 4.99 Å². The van der Waals surface area contributed by atoms with E-state index >= 15 is 0 Å². The van der Waals surface area contributed by atoms with Crippen LogP contribution < -0.4 is 5.32 Å². The topological polar surface area (TPSA) is 75.0 Å². The third-order valence-electron chi connectivity index (χ3n) is 6.26. The average Bonchev–Trinajstić information content (AvgIpc) is 3.46. The van der Waals surface area contributed by atoms with Crippen molar-refractivity contribution >= 4 is 11.9 Å². The van der Waals surface area contributed by atoms with Gasteiger partial charge in [-0.25, -0.2) is 9.67 Å². The highest BCUT2D eigenvalue weighted by molar-refractivity contribution is 5.83. The van der Waals surface area contributed by atoms with Gasteiger partial charge >= 0.3 is 0 Å². The van der Waals surface area contributed by atoms with Gasteiger partial charge in [0.25, 0.3) is 5.91 Å². The van der Waals surface area contributed by atoms with Gasteiger partial charge in [-0.1, -0.05) is 18.2 Å². The standard InChI is InChI=1S/C24H34N6O2/c1-4-25-24(29-14-12-28(13-15-29)23(31)22-11-8-16-32-22)26-17-21-18(2)27-30(19(21)3)20-9-6-5-7-10-20/h5-7,9-10,22H,4,8,11-17H2,1-3H3,(H,25,26). The van der Waals surface area contributed by atoms with Crippen molar-refractivity contribution in [2.45, 2.75) is 46.3 Å². The number of benzene rings is 1. The fourth-order valence-corrected chi connectivity index (χ4v) is 4.42. The molecule has 172 valence electrons. The Balaban J connectivity index is 1.43. The number of para-hydroxylation sites is 1. The zero-order chi connectivity index (χ0) is 22.5. The fraction of sp³-hybridized carbons (Fsp3) is 0.542. The molecule has 1 amide bonds. The molecule has 8 heteroatoms. The summed E-state index contributed by atoms with van der Waals surface area (Å²) in [5.74, 6) is 1.03. The second kappa shape index (κ2) is 10.2. The lowest BCUT2D eigenvalue weighted by molar-refractivity contribution is -0.142. The number of rotatable bonds is 5. The zero-order valence-corrected chi connectivity index (χ0v) is 19.4. The Kier molecular flexibility index (Phi) is 7.09. The number of hydrogen-bond donors (Lipinski definition) is 1. The summed E-state index contributed by atoms with van der Waals surface area (Å²) in [4.78, 5) is 21.8. The number of ether oxygens (including phenoxy) is 1. The minimum absolute atomic E-state index is 0.142. The Morgan fingerprint density at radius 2 is 1.88 bits per heavy atom. The maximum Gasteiger partial charge on any atom is 0.251 e. The number of carbonyl (C=O) groups is 1. The van der Waals surface area contributed by atoms with E-state index in [4.69, 9.17) is 14.8 Å². The molecule has 0 spiro atoms. The molecule has 2 saturated heterocycles. The molecule has 2 aliphatic heterocycles. The molecule has 2 aromatic rings. The lowest BCUT2D eigenvalue weighted by Gasteiger charge is -2.37. The number of guanidine groups is 1. The molecule has 0 saturated carbocycles. The molecule has 3 heterocycles. The van der Waals surface area contributed by atoms with Crippen LogP contribution >= 0.6 is 0 Å². The third-order valence-corrected chi connectivity index (χ3v) is 6.26. The van der Waals surface area contributed by atoms with Gasteiger partial charge in [-0.15, -0.1) is 0 Å². The predicted molar refractivity (Wildman–Crippen MR) is 125 cm³/mol. The molecule has 1 aromatic carbocycles. The highest BCUT2D eigenvalue weighted by Crippen LogP contribution is 2.19. The summed E-state index contributed by atoms with van der Waals surface area (Å²) in [5.41, 5.74) is 4.32. The van der Waals surface area contributed by atoms with Crippen LogP contribution in [-0.2, 0) is 16.1 Å². The number of amides is 1. The molecule has 1 aromatic heterocycles. The second-order valence-electron chi connectivity index (χ2n) is 8.38. The molecule has 8 nitrogen and oxygen atoms in total. The number of hydrogen-bond acceptors (Lipinski definition) is 4. The van der Waals surface area contributed by atoms with Crippen molar-refractivity contribution in [2.75, 3.05) is 39.3 Å². The highest BCUT2D eigenvalue weighted by Gasteiger charge is 2.31. The van der Waals surface area contributed by atoms with Crippen molar-refractivity contribution < 1.29 is 9.53 Å². The van der Waals surface area contributed by atoms with Crippen LogP contribution in [0.2, 0.25) is 0 Å². The zero-order valence-electron chi connectivity index (χ0n) is 19.4. The van der Waals surface area contributed by atoms with Gasteiger partial charge in [0.2, 0.25) is 0 Å². The SMILES string of the molecule is CCNC(=NCc1c(C)nn(-c2ccccc2)c1C)N1CCN(C(=O)C2CCCO2)CC1. The Labute approximate surface area is 190 Å². The molecule has 4 rings (SSSR count). The van der Waals surface area contributed by atoms with Crippen molar-refractivity contribution in [1.29, 1.82) is 0 Å². The molecular weight excluding hydrogens is 404 g/mol. The molecule has 1 atom stereocenters. The molecule has 0 bridgehead atoms.